The molecule has 0 radical (unpaired) electrons. The molecule has 0 fully saturated rings. The van der Waals surface area contributed by atoms with E-state index in [1.807, 2.05) is 0 Å². The van der Waals surface area contributed by atoms with Gasteiger partial charge in [0.15, 0.2) is 5.02 Å². The van der Waals surface area contributed by atoms with E-state index in [1.54, 1.807) is 6.07 Å². The second-order valence-corrected chi connectivity index (χ2v) is 5.05. The van der Waals surface area contributed by atoms with Gasteiger partial charge in [0.2, 0.25) is 0 Å². The molecule has 0 saturated heterocycles. The zero-order valence-electron chi connectivity index (χ0n) is 9.69. The van der Waals surface area contributed by atoms with Gasteiger partial charge in [-0.1, -0.05) is 27.5 Å². The summed E-state index contributed by atoms with van der Waals surface area (Å²) in [7, 11) is 0. The van der Waals surface area contributed by atoms with Gasteiger partial charge in [-0.2, -0.15) is 4.68 Å². The minimum Gasteiger partial charge on any atom is -0.358 e. The van der Waals surface area contributed by atoms with Crippen LogP contribution in [0, 0.1) is 20.2 Å². The van der Waals surface area contributed by atoms with Crippen molar-refractivity contribution in [2.75, 3.05) is 0 Å². The van der Waals surface area contributed by atoms with Crippen LogP contribution in [0.4, 0.5) is 11.5 Å². The van der Waals surface area contributed by atoms with Gasteiger partial charge in [0.1, 0.15) is 0 Å². The topological polar surface area (TPSA) is 104 Å². The van der Waals surface area contributed by atoms with Gasteiger partial charge >= 0.3 is 5.82 Å². The fourth-order valence-corrected chi connectivity index (χ4v) is 2.26. The normalized spacial score (nSPS) is 10.5. The third kappa shape index (κ3) is 2.94. The lowest BCUT2D eigenvalue weighted by atomic mass is 10.2. The van der Waals surface area contributed by atoms with Crippen LogP contribution in [0.3, 0.4) is 0 Å². The van der Waals surface area contributed by atoms with E-state index < -0.39 is 15.7 Å². The number of rotatable bonds is 4. The number of hydrogen-bond acceptors (Lipinski definition) is 5. The van der Waals surface area contributed by atoms with Gasteiger partial charge in [-0.05, 0) is 16.6 Å². The molecule has 2 aromatic rings. The SMILES string of the molecule is O=[N+]([O-])c1ccc(Cn2cc(Cl)c([N+](=O)[O-])n2)c(Br)c1. The number of nitro benzene ring substituents is 1. The fourth-order valence-electron chi connectivity index (χ4n) is 1.54. The Bertz CT molecular complexity index is 703. The van der Waals surface area contributed by atoms with E-state index in [9.17, 15) is 20.2 Å². The van der Waals surface area contributed by atoms with Gasteiger partial charge in [0.05, 0.1) is 22.8 Å². The number of nitrogens with zero attached hydrogens (tertiary/aromatic N) is 4. The highest BCUT2D eigenvalue weighted by molar-refractivity contribution is 9.10. The molecule has 2 rings (SSSR count). The molecule has 0 N–H and O–H groups in total. The second kappa shape index (κ2) is 5.55. The van der Waals surface area contributed by atoms with Crippen molar-refractivity contribution in [2.45, 2.75) is 6.54 Å². The Balaban J connectivity index is 2.28. The summed E-state index contributed by atoms with van der Waals surface area (Å²) in [6.45, 7) is 0.201. The lowest BCUT2D eigenvalue weighted by Gasteiger charge is -2.02. The van der Waals surface area contributed by atoms with Gasteiger partial charge in [-0.3, -0.25) is 10.1 Å². The Morgan fingerprint density at radius 3 is 2.50 bits per heavy atom. The summed E-state index contributed by atoms with van der Waals surface area (Å²) in [6.07, 6.45) is 1.33. The number of nitro groups is 2. The zero-order chi connectivity index (χ0) is 14.9. The molecular weight excluding hydrogens is 355 g/mol. The standard InChI is InChI=1S/C10H6BrClN4O4/c11-8-3-7(15(17)18)2-1-6(8)4-14-5-9(12)10(13-14)16(19)20/h1-3,5H,4H2. The number of aromatic nitrogens is 2. The first-order valence-electron chi connectivity index (χ1n) is 5.18. The third-order valence-electron chi connectivity index (χ3n) is 2.45. The van der Waals surface area contributed by atoms with Crippen molar-refractivity contribution >= 4 is 39.0 Å². The van der Waals surface area contributed by atoms with E-state index in [1.165, 1.54) is 23.0 Å². The molecule has 0 saturated carbocycles. The van der Waals surface area contributed by atoms with Gasteiger partial charge in [0, 0.05) is 16.6 Å². The molecule has 8 nitrogen and oxygen atoms in total. The van der Waals surface area contributed by atoms with Crippen molar-refractivity contribution in [2.24, 2.45) is 0 Å². The summed E-state index contributed by atoms with van der Waals surface area (Å²) in [5, 5.41) is 24.9. The molecule has 0 aliphatic heterocycles. The molecule has 1 aromatic carbocycles. The van der Waals surface area contributed by atoms with Crippen molar-refractivity contribution in [3.05, 3.63) is 59.7 Å². The molecule has 10 heteroatoms. The molecule has 1 heterocycles. The zero-order valence-corrected chi connectivity index (χ0v) is 12.0. The summed E-state index contributed by atoms with van der Waals surface area (Å²) in [4.78, 5) is 20.1. The van der Waals surface area contributed by atoms with Crippen LogP contribution in [0.25, 0.3) is 0 Å². The molecule has 0 bridgehead atoms. The van der Waals surface area contributed by atoms with Gasteiger partial charge in [-0.25, -0.2) is 0 Å². The van der Waals surface area contributed by atoms with Gasteiger partial charge in [-0.15, -0.1) is 0 Å². The maximum Gasteiger partial charge on any atom is 0.408 e. The number of halogens is 2. The Morgan fingerprint density at radius 1 is 1.30 bits per heavy atom. The van der Waals surface area contributed by atoms with E-state index in [4.69, 9.17) is 11.6 Å². The van der Waals surface area contributed by atoms with Gasteiger partial charge in [0.25, 0.3) is 5.69 Å². The van der Waals surface area contributed by atoms with Crippen molar-refractivity contribution in [3.8, 4) is 0 Å². The molecule has 20 heavy (non-hydrogen) atoms. The molecule has 0 unspecified atom stereocenters. The molecule has 0 atom stereocenters. The van der Waals surface area contributed by atoms with Crippen LogP contribution in [-0.4, -0.2) is 19.6 Å². The Labute approximate surface area is 125 Å². The van der Waals surface area contributed by atoms with Crippen LogP contribution in [0.1, 0.15) is 5.56 Å². The van der Waals surface area contributed by atoms with E-state index in [0.29, 0.717) is 10.0 Å². The largest absolute Gasteiger partial charge is 0.408 e. The molecule has 0 aliphatic carbocycles. The van der Waals surface area contributed by atoms with Crippen molar-refractivity contribution < 1.29 is 9.85 Å². The highest BCUT2D eigenvalue weighted by Gasteiger charge is 2.19. The minimum atomic E-state index is -0.677. The van der Waals surface area contributed by atoms with Crippen molar-refractivity contribution in [3.63, 3.8) is 0 Å². The number of benzene rings is 1. The summed E-state index contributed by atoms with van der Waals surface area (Å²) >= 11 is 8.90. The summed E-state index contributed by atoms with van der Waals surface area (Å²) in [6, 6.07) is 4.25. The minimum absolute atomic E-state index is 0.0508. The van der Waals surface area contributed by atoms with Crippen LogP contribution in [0.15, 0.2) is 28.9 Å². The molecule has 0 spiro atoms. The first-order valence-corrected chi connectivity index (χ1v) is 6.35. The lowest BCUT2D eigenvalue weighted by molar-refractivity contribution is -0.389. The van der Waals surface area contributed by atoms with E-state index in [2.05, 4.69) is 21.0 Å². The maximum absolute atomic E-state index is 10.6. The predicted molar refractivity (Wildman–Crippen MR) is 73.8 cm³/mol. The Morgan fingerprint density at radius 2 is 2.00 bits per heavy atom. The van der Waals surface area contributed by atoms with E-state index in [-0.39, 0.29) is 17.3 Å². The van der Waals surface area contributed by atoms with Crippen LogP contribution >= 0.6 is 27.5 Å². The Kier molecular flexibility index (Phi) is 4.00. The van der Waals surface area contributed by atoms with Crippen LogP contribution in [0.5, 0.6) is 0 Å². The third-order valence-corrected chi connectivity index (χ3v) is 3.46. The number of non-ortho nitro benzene ring substituents is 1. The van der Waals surface area contributed by atoms with Crippen LogP contribution < -0.4 is 0 Å². The average molecular weight is 362 g/mol. The smallest absolute Gasteiger partial charge is 0.358 e. The van der Waals surface area contributed by atoms with Crippen molar-refractivity contribution in [1.29, 1.82) is 0 Å². The summed E-state index contributed by atoms with van der Waals surface area (Å²) < 4.78 is 1.81. The molecule has 104 valence electrons. The number of hydrogen-bond donors (Lipinski definition) is 0. The van der Waals surface area contributed by atoms with Crippen LogP contribution in [0.2, 0.25) is 5.02 Å². The van der Waals surface area contributed by atoms with Crippen molar-refractivity contribution in [1.82, 2.24) is 9.78 Å². The molecule has 1 aromatic heterocycles. The summed E-state index contributed by atoms with van der Waals surface area (Å²) in [5.74, 6) is -0.426. The first-order chi connectivity index (χ1) is 9.38. The van der Waals surface area contributed by atoms with E-state index in [0.717, 1.165) is 0 Å². The first kappa shape index (κ1) is 14.4. The van der Waals surface area contributed by atoms with Gasteiger partial charge < -0.3 is 10.1 Å². The molecule has 0 amide bonds. The highest BCUT2D eigenvalue weighted by atomic mass is 79.9. The second-order valence-electron chi connectivity index (χ2n) is 3.79. The Hall–Kier alpha value is -2.00. The lowest BCUT2D eigenvalue weighted by Crippen LogP contribution is -2.02. The van der Waals surface area contributed by atoms with E-state index >= 15 is 0 Å². The monoisotopic (exact) mass is 360 g/mol. The maximum atomic E-state index is 10.6. The fraction of sp³-hybridized carbons (Fsp3) is 0.100. The summed E-state index contributed by atoms with van der Waals surface area (Å²) in [5.41, 5.74) is 0.634. The molecular formula is C10H6BrClN4O4. The van der Waals surface area contributed by atoms with Crippen LogP contribution in [-0.2, 0) is 6.54 Å². The average Bonchev–Trinajstić information content (AvgIpc) is 2.73. The predicted octanol–water partition coefficient (Wildman–Crippen LogP) is 3.16. The highest BCUT2D eigenvalue weighted by Crippen LogP contribution is 2.26. The quantitative estimate of drug-likeness (QED) is 0.614. The molecule has 0 aliphatic rings.